The molecule has 16 heavy (non-hydrogen) atoms. The Hall–Kier alpha value is -0.0800. The van der Waals surface area contributed by atoms with E-state index in [-0.39, 0.29) is 0 Å². The molecule has 0 aromatic rings. The van der Waals surface area contributed by atoms with E-state index < -0.39 is 0 Å². The summed E-state index contributed by atoms with van der Waals surface area (Å²) in [7, 11) is 2.33. The Balaban J connectivity index is 1.57. The van der Waals surface area contributed by atoms with Crippen LogP contribution < -0.4 is 0 Å². The van der Waals surface area contributed by atoms with Gasteiger partial charge in [-0.1, -0.05) is 6.42 Å². The van der Waals surface area contributed by atoms with Gasteiger partial charge in [-0.05, 0) is 58.0 Å². The van der Waals surface area contributed by atoms with Gasteiger partial charge in [0.25, 0.3) is 0 Å². The average molecular weight is 222 g/mol. The Bertz CT molecular complexity index is 233. The van der Waals surface area contributed by atoms with Crippen molar-refractivity contribution in [3.05, 3.63) is 0 Å². The van der Waals surface area contributed by atoms with Crippen LogP contribution in [0.15, 0.2) is 0 Å². The number of piperidine rings is 3. The molecule has 1 aliphatic carbocycles. The second-order valence-corrected chi connectivity index (χ2v) is 6.26. The summed E-state index contributed by atoms with van der Waals surface area (Å²) < 4.78 is 0. The highest BCUT2D eigenvalue weighted by Crippen LogP contribution is 2.35. The van der Waals surface area contributed by atoms with Gasteiger partial charge in [0.15, 0.2) is 0 Å². The van der Waals surface area contributed by atoms with Crippen LogP contribution in [-0.4, -0.2) is 48.6 Å². The second kappa shape index (κ2) is 4.66. The molecule has 0 amide bonds. The molecule has 0 unspecified atom stereocenters. The van der Waals surface area contributed by atoms with Gasteiger partial charge in [0.05, 0.1) is 0 Å². The fourth-order valence-corrected chi connectivity index (χ4v) is 4.04. The largest absolute Gasteiger partial charge is 0.302 e. The van der Waals surface area contributed by atoms with Crippen molar-refractivity contribution in [3.8, 4) is 0 Å². The first-order valence-electron chi connectivity index (χ1n) is 7.27. The van der Waals surface area contributed by atoms with Crippen LogP contribution in [0.5, 0.6) is 0 Å². The molecule has 3 aliphatic heterocycles. The van der Waals surface area contributed by atoms with Crippen molar-refractivity contribution in [1.82, 2.24) is 9.80 Å². The summed E-state index contributed by atoms with van der Waals surface area (Å²) in [6.07, 6.45) is 10.3. The van der Waals surface area contributed by atoms with Crippen LogP contribution in [0.1, 0.15) is 44.9 Å². The molecule has 1 saturated carbocycles. The van der Waals surface area contributed by atoms with E-state index in [1.165, 1.54) is 64.6 Å². The summed E-state index contributed by atoms with van der Waals surface area (Å²) in [6.45, 7) is 4.10. The first-order chi connectivity index (χ1) is 7.83. The molecular weight excluding hydrogens is 196 g/mol. The summed E-state index contributed by atoms with van der Waals surface area (Å²) in [6, 6.07) is 1.80. The highest BCUT2D eigenvalue weighted by atomic mass is 15.2. The minimum absolute atomic E-state index is 0.855. The summed E-state index contributed by atoms with van der Waals surface area (Å²) in [5.74, 6) is 1.04. The van der Waals surface area contributed by atoms with E-state index in [0.717, 1.165) is 18.0 Å². The number of rotatable bonds is 2. The highest BCUT2D eigenvalue weighted by molar-refractivity contribution is 4.90. The van der Waals surface area contributed by atoms with Crippen LogP contribution in [0.25, 0.3) is 0 Å². The van der Waals surface area contributed by atoms with Crippen LogP contribution in [0.4, 0.5) is 0 Å². The normalized spacial score (nSPS) is 41.4. The van der Waals surface area contributed by atoms with E-state index >= 15 is 0 Å². The molecule has 0 aromatic carbocycles. The Labute approximate surface area is 100.0 Å². The zero-order valence-corrected chi connectivity index (χ0v) is 10.7. The van der Waals surface area contributed by atoms with Crippen molar-refractivity contribution in [2.45, 2.75) is 57.0 Å². The van der Waals surface area contributed by atoms with Crippen LogP contribution in [-0.2, 0) is 0 Å². The van der Waals surface area contributed by atoms with Gasteiger partial charge >= 0.3 is 0 Å². The SMILES string of the molecule is CN1CCCC[C@@H]1CN1CC2CCC1CC2. The third-order valence-electron chi connectivity index (χ3n) is 5.19. The van der Waals surface area contributed by atoms with Gasteiger partial charge < -0.3 is 4.90 Å². The van der Waals surface area contributed by atoms with Crippen molar-refractivity contribution < 1.29 is 0 Å². The molecule has 4 fully saturated rings. The molecule has 2 heteroatoms. The molecule has 3 saturated heterocycles. The molecule has 0 aromatic heterocycles. The Morgan fingerprint density at radius 2 is 1.81 bits per heavy atom. The number of likely N-dealkylation sites (tertiary alicyclic amines) is 1. The van der Waals surface area contributed by atoms with E-state index in [9.17, 15) is 0 Å². The number of hydrogen-bond acceptors (Lipinski definition) is 2. The lowest BCUT2D eigenvalue weighted by Gasteiger charge is -2.48. The van der Waals surface area contributed by atoms with Gasteiger partial charge in [0.2, 0.25) is 0 Å². The first kappa shape index (κ1) is 11.0. The Kier molecular flexibility index (Phi) is 3.21. The van der Waals surface area contributed by atoms with Gasteiger partial charge in [-0.15, -0.1) is 0 Å². The molecule has 0 radical (unpaired) electrons. The van der Waals surface area contributed by atoms with Gasteiger partial charge in [-0.3, -0.25) is 4.90 Å². The highest BCUT2D eigenvalue weighted by Gasteiger charge is 2.35. The van der Waals surface area contributed by atoms with Crippen molar-refractivity contribution in [1.29, 1.82) is 0 Å². The summed E-state index contributed by atoms with van der Waals surface area (Å²) in [5.41, 5.74) is 0. The quantitative estimate of drug-likeness (QED) is 0.707. The molecule has 1 atom stereocenters. The molecule has 0 N–H and O–H groups in total. The smallest absolute Gasteiger partial charge is 0.0220 e. The topological polar surface area (TPSA) is 6.48 Å². The van der Waals surface area contributed by atoms with Gasteiger partial charge in [0, 0.05) is 25.2 Å². The molecule has 0 spiro atoms. The number of nitrogens with zero attached hydrogens (tertiary/aromatic N) is 2. The second-order valence-electron chi connectivity index (χ2n) is 6.26. The lowest BCUT2D eigenvalue weighted by Crippen LogP contribution is -2.53. The third kappa shape index (κ3) is 2.14. The maximum atomic E-state index is 2.82. The third-order valence-corrected chi connectivity index (χ3v) is 5.19. The Morgan fingerprint density at radius 3 is 2.44 bits per heavy atom. The van der Waals surface area contributed by atoms with E-state index in [0.29, 0.717) is 0 Å². The molecule has 2 bridgehead atoms. The van der Waals surface area contributed by atoms with Gasteiger partial charge in [-0.2, -0.15) is 0 Å². The van der Waals surface area contributed by atoms with Crippen LogP contribution in [0.3, 0.4) is 0 Å². The van der Waals surface area contributed by atoms with E-state index in [2.05, 4.69) is 16.8 Å². The number of hydrogen-bond donors (Lipinski definition) is 0. The lowest BCUT2D eigenvalue weighted by molar-refractivity contribution is 0.0199. The van der Waals surface area contributed by atoms with Crippen molar-refractivity contribution >= 4 is 0 Å². The zero-order valence-electron chi connectivity index (χ0n) is 10.7. The standard InChI is InChI=1S/C14H26N2/c1-15-9-3-2-4-14(15)11-16-10-12-5-7-13(16)8-6-12/h12-14H,2-11H2,1H3/t12?,13?,14-/m1/s1. The molecule has 2 nitrogen and oxygen atoms in total. The van der Waals surface area contributed by atoms with Crippen molar-refractivity contribution in [3.63, 3.8) is 0 Å². The monoisotopic (exact) mass is 222 g/mol. The minimum Gasteiger partial charge on any atom is -0.302 e. The van der Waals surface area contributed by atoms with Gasteiger partial charge in [0.1, 0.15) is 0 Å². The summed E-state index contributed by atoms with van der Waals surface area (Å²) in [5, 5.41) is 0. The van der Waals surface area contributed by atoms with E-state index in [1.807, 2.05) is 0 Å². The first-order valence-corrected chi connectivity index (χ1v) is 7.27. The molecule has 3 heterocycles. The Morgan fingerprint density at radius 1 is 1.00 bits per heavy atom. The fraction of sp³-hybridized carbons (Fsp3) is 1.00. The minimum atomic E-state index is 0.855. The molecule has 4 aliphatic rings. The predicted octanol–water partition coefficient (Wildman–Crippen LogP) is 2.35. The lowest BCUT2D eigenvalue weighted by atomic mass is 9.79. The van der Waals surface area contributed by atoms with Crippen LogP contribution >= 0.6 is 0 Å². The maximum Gasteiger partial charge on any atom is 0.0220 e. The average Bonchev–Trinajstić information content (AvgIpc) is 2.34. The summed E-state index contributed by atoms with van der Waals surface area (Å²) >= 11 is 0. The maximum absolute atomic E-state index is 2.82. The molecule has 4 rings (SSSR count). The van der Waals surface area contributed by atoms with Crippen molar-refractivity contribution in [2.24, 2.45) is 5.92 Å². The predicted molar refractivity (Wildman–Crippen MR) is 67.6 cm³/mol. The van der Waals surface area contributed by atoms with Crippen molar-refractivity contribution in [2.75, 3.05) is 26.7 Å². The van der Waals surface area contributed by atoms with Crippen LogP contribution in [0.2, 0.25) is 0 Å². The fourth-order valence-electron chi connectivity index (χ4n) is 4.04. The zero-order chi connectivity index (χ0) is 11.0. The number of fused-ring (bicyclic) bond motifs is 3. The molecule has 92 valence electrons. The number of likely N-dealkylation sites (N-methyl/N-ethyl adjacent to an activating group) is 1. The van der Waals surface area contributed by atoms with E-state index in [4.69, 9.17) is 0 Å². The van der Waals surface area contributed by atoms with E-state index in [1.54, 1.807) is 0 Å². The van der Waals surface area contributed by atoms with Crippen LogP contribution in [0, 0.1) is 5.92 Å². The summed E-state index contributed by atoms with van der Waals surface area (Å²) in [4.78, 5) is 5.43. The molecular formula is C14H26N2. The van der Waals surface area contributed by atoms with Gasteiger partial charge in [-0.25, -0.2) is 0 Å².